The van der Waals surface area contributed by atoms with Gasteiger partial charge in [-0.1, -0.05) is 0 Å². The van der Waals surface area contributed by atoms with Gasteiger partial charge in [-0.3, -0.25) is 9.59 Å². The second-order valence-electron chi connectivity index (χ2n) is 6.32. The van der Waals surface area contributed by atoms with Crippen LogP contribution in [-0.2, 0) is 19.6 Å². The molecule has 3 N–H and O–H groups in total. The number of amides is 2. The number of nitrogens with zero attached hydrogens (tertiary/aromatic N) is 3. The van der Waals surface area contributed by atoms with Crippen molar-refractivity contribution < 1.29 is 18.0 Å². The standard InChI is InChI=1S/C17H19BrN6O4S/c1-10(25)21-12-6-13-8-14(7-12)29(27,28)24(11(2)26)5-3-4-19-16-15(18)9-20-17(22-13)23-16/h6-9H,3-5H2,1-2H3,(H,21,25)(H2,19,20,22,23). The van der Waals surface area contributed by atoms with Crippen molar-refractivity contribution in [1.29, 1.82) is 0 Å². The number of aromatic nitrogens is 2. The largest absolute Gasteiger partial charge is 0.369 e. The van der Waals surface area contributed by atoms with Crippen LogP contribution in [0.25, 0.3) is 0 Å². The summed E-state index contributed by atoms with van der Waals surface area (Å²) in [5.74, 6) is -0.196. The van der Waals surface area contributed by atoms with Gasteiger partial charge >= 0.3 is 0 Å². The van der Waals surface area contributed by atoms with Crippen molar-refractivity contribution in [3.05, 3.63) is 28.9 Å². The highest BCUT2D eigenvalue weighted by Gasteiger charge is 2.28. The predicted octanol–water partition coefficient (Wildman–Crippen LogP) is 2.29. The molecule has 1 aliphatic heterocycles. The summed E-state index contributed by atoms with van der Waals surface area (Å²) in [6.45, 7) is 2.90. The van der Waals surface area contributed by atoms with Crippen LogP contribution in [0.1, 0.15) is 20.3 Å². The lowest BCUT2D eigenvalue weighted by atomic mass is 10.2. The molecule has 0 fully saturated rings. The van der Waals surface area contributed by atoms with Crippen molar-refractivity contribution in [2.24, 2.45) is 0 Å². The van der Waals surface area contributed by atoms with Gasteiger partial charge in [0.2, 0.25) is 17.8 Å². The quantitative estimate of drug-likeness (QED) is 0.563. The zero-order chi connectivity index (χ0) is 21.2. The van der Waals surface area contributed by atoms with Crippen LogP contribution in [0.4, 0.5) is 23.1 Å². The number of benzene rings is 1. The molecule has 3 rings (SSSR count). The van der Waals surface area contributed by atoms with E-state index in [1.807, 2.05) is 0 Å². The van der Waals surface area contributed by atoms with Gasteiger partial charge in [-0.2, -0.15) is 4.98 Å². The molecule has 29 heavy (non-hydrogen) atoms. The van der Waals surface area contributed by atoms with Crippen LogP contribution < -0.4 is 16.0 Å². The van der Waals surface area contributed by atoms with Gasteiger partial charge in [0, 0.05) is 44.5 Å². The molecule has 0 aliphatic carbocycles. The molecule has 0 spiro atoms. The Kier molecular flexibility index (Phi) is 6.03. The van der Waals surface area contributed by atoms with Gasteiger partial charge < -0.3 is 16.0 Å². The van der Waals surface area contributed by atoms with Gasteiger partial charge in [-0.05, 0) is 40.5 Å². The van der Waals surface area contributed by atoms with Gasteiger partial charge in [0.15, 0.2) is 0 Å². The maximum atomic E-state index is 13.1. The molecule has 4 bridgehead atoms. The zero-order valence-corrected chi connectivity index (χ0v) is 18.1. The van der Waals surface area contributed by atoms with E-state index < -0.39 is 15.9 Å². The second-order valence-corrected chi connectivity index (χ2v) is 9.04. The number of nitrogens with one attached hydrogen (secondary N) is 3. The van der Waals surface area contributed by atoms with Crippen molar-refractivity contribution in [2.45, 2.75) is 25.2 Å². The molecule has 0 atom stereocenters. The fourth-order valence-electron chi connectivity index (χ4n) is 2.78. The van der Waals surface area contributed by atoms with Gasteiger partial charge in [0.05, 0.1) is 9.37 Å². The number of hydrogen-bond acceptors (Lipinski definition) is 8. The van der Waals surface area contributed by atoms with Crippen molar-refractivity contribution in [1.82, 2.24) is 14.3 Å². The third-order valence-corrected chi connectivity index (χ3v) is 6.43. The number of fused-ring (bicyclic) bond motifs is 4. The third-order valence-electron chi connectivity index (χ3n) is 4.00. The Morgan fingerprint density at radius 2 is 2.00 bits per heavy atom. The minimum atomic E-state index is -4.13. The Morgan fingerprint density at radius 1 is 1.24 bits per heavy atom. The summed E-state index contributed by atoms with van der Waals surface area (Å²) in [4.78, 5) is 32.0. The summed E-state index contributed by atoms with van der Waals surface area (Å²) in [7, 11) is -4.13. The highest BCUT2D eigenvalue weighted by atomic mass is 79.9. The molecule has 12 heteroatoms. The van der Waals surface area contributed by atoms with Crippen molar-refractivity contribution in [3.63, 3.8) is 0 Å². The number of carbonyl (C=O) groups is 2. The molecule has 0 saturated carbocycles. The minimum Gasteiger partial charge on any atom is -0.369 e. The van der Waals surface area contributed by atoms with E-state index in [1.54, 1.807) is 12.3 Å². The van der Waals surface area contributed by atoms with Crippen LogP contribution in [0.2, 0.25) is 0 Å². The zero-order valence-electron chi connectivity index (χ0n) is 15.7. The van der Waals surface area contributed by atoms with Crippen LogP contribution in [-0.4, -0.2) is 47.6 Å². The number of halogens is 1. The van der Waals surface area contributed by atoms with E-state index >= 15 is 0 Å². The number of carbonyl (C=O) groups excluding carboxylic acids is 2. The summed E-state index contributed by atoms with van der Waals surface area (Å²) in [6, 6.07) is 4.23. The summed E-state index contributed by atoms with van der Waals surface area (Å²) in [5, 5.41) is 8.61. The van der Waals surface area contributed by atoms with Crippen LogP contribution >= 0.6 is 15.9 Å². The number of hydrogen-bond donors (Lipinski definition) is 3. The van der Waals surface area contributed by atoms with Crippen molar-refractivity contribution >= 4 is 60.9 Å². The van der Waals surface area contributed by atoms with Gasteiger partial charge in [-0.15, -0.1) is 0 Å². The van der Waals surface area contributed by atoms with E-state index in [9.17, 15) is 18.0 Å². The van der Waals surface area contributed by atoms with Crippen LogP contribution in [0.5, 0.6) is 0 Å². The molecule has 2 heterocycles. The highest BCUT2D eigenvalue weighted by Crippen LogP contribution is 2.28. The van der Waals surface area contributed by atoms with Crippen LogP contribution in [0.3, 0.4) is 0 Å². The maximum Gasteiger partial charge on any atom is 0.266 e. The maximum absolute atomic E-state index is 13.1. The molecule has 1 aromatic heterocycles. The van der Waals surface area contributed by atoms with E-state index in [-0.39, 0.29) is 29.0 Å². The summed E-state index contributed by atoms with van der Waals surface area (Å²) >= 11 is 3.36. The van der Waals surface area contributed by atoms with Gasteiger partial charge in [0.1, 0.15) is 5.82 Å². The molecule has 10 nitrogen and oxygen atoms in total. The first-order chi connectivity index (χ1) is 13.7. The fourth-order valence-corrected chi connectivity index (χ4v) is 4.63. The average molecular weight is 483 g/mol. The normalized spacial score (nSPS) is 15.6. The number of anilines is 4. The molecule has 0 radical (unpaired) electrons. The van der Waals surface area contributed by atoms with Crippen molar-refractivity contribution in [3.8, 4) is 0 Å². The SMILES string of the molecule is CC(=O)Nc1cc2cc(c1)S(=O)(=O)N(C(C)=O)CCCNc1nc(ncc1Br)N2. The molecule has 0 saturated heterocycles. The van der Waals surface area contributed by atoms with E-state index in [0.717, 1.165) is 4.31 Å². The van der Waals surface area contributed by atoms with E-state index in [4.69, 9.17) is 0 Å². The first-order valence-corrected chi connectivity index (χ1v) is 10.9. The Morgan fingerprint density at radius 3 is 2.69 bits per heavy atom. The molecule has 2 aromatic rings. The number of sulfonamides is 1. The molecular weight excluding hydrogens is 464 g/mol. The highest BCUT2D eigenvalue weighted by molar-refractivity contribution is 9.10. The average Bonchev–Trinajstić information content (AvgIpc) is 2.62. The van der Waals surface area contributed by atoms with Crippen LogP contribution in [0.15, 0.2) is 33.8 Å². The molecule has 0 unspecified atom stereocenters. The lowest BCUT2D eigenvalue weighted by molar-refractivity contribution is -0.124. The second kappa shape index (κ2) is 8.33. The Bertz CT molecular complexity index is 1080. The number of rotatable bonds is 1. The molecule has 2 amide bonds. The van der Waals surface area contributed by atoms with Gasteiger partial charge in [-0.25, -0.2) is 17.7 Å². The Labute approximate surface area is 176 Å². The van der Waals surface area contributed by atoms with Crippen molar-refractivity contribution in [2.75, 3.05) is 29.0 Å². The summed E-state index contributed by atoms with van der Waals surface area (Å²) < 4.78 is 27.7. The van der Waals surface area contributed by atoms with E-state index in [1.165, 1.54) is 26.0 Å². The first kappa shape index (κ1) is 21.0. The third kappa shape index (κ3) is 4.82. The molecule has 154 valence electrons. The molecule has 1 aliphatic rings. The van der Waals surface area contributed by atoms with E-state index in [0.29, 0.717) is 28.9 Å². The summed E-state index contributed by atoms with van der Waals surface area (Å²) in [6.07, 6.45) is 1.94. The Balaban J connectivity index is 2.16. The summed E-state index contributed by atoms with van der Waals surface area (Å²) in [5.41, 5.74) is 0.598. The minimum absolute atomic E-state index is 0.00659. The lowest BCUT2D eigenvalue weighted by Gasteiger charge is -2.22. The first-order valence-electron chi connectivity index (χ1n) is 8.66. The van der Waals surface area contributed by atoms with E-state index in [2.05, 4.69) is 41.8 Å². The predicted molar refractivity (Wildman–Crippen MR) is 111 cm³/mol. The van der Waals surface area contributed by atoms with Crippen LogP contribution in [0, 0.1) is 0 Å². The topological polar surface area (TPSA) is 133 Å². The smallest absolute Gasteiger partial charge is 0.266 e. The Hall–Kier alpha value is -2.73. The monoisotopic (exact) mass is 482 g/mol. The lowest BCUT2D eigenvalue weighted by Crippen LogP contribution is -2.36. The molecular formula is C17H19BrN6O4S. The van der Waals surface area contributed by atoms with Gasteiger partial charge in [0.25, 0.3) is 10.0 Å². The fraction of sp³-hybridized carbons (Fsp3) is 0.294. The molecule has 1 aromatic carbocycles.